The molecule has 0 saturated heterocycles. The van der Waals surface area contributed by atoms with Crippen LogP contribution < -0.4 is 19.1 Å². The molecule has 0 aromatic heterocycles. The summed E-state index contributed by atoms with van der Waals surface area (Å²) in [4.78, 5) is 27.8. The fourth-order valence-electron chi connectivity index (χ4n) is 3.93. The van der Waals surface area contributed by atoms with Gasteiger partial charge in [-0.15, -0.1) is 0 Å². The van der Waals surface area contributed by atoms with Gasteiger partial charge in [-0.3, -0.25) is 13.9 Å². The maximum absolute atomic E-state index is 13.4. The van der Waals surface area contributed by atoms with Crippen molar-refractivity contribution in [1.29, 1.82) is 0 Å². The van der Waals surface area contributed by atoms with Crippen LogP contribution in [-0.2, 0) is 26.2 Å². The lowest BCUT2D eigenvalue weighted by Gasteiger charge is -2.30. The summed E-state index contributed by atoms with van der Waals surface area (Å²) in [5, 5.41) is 3.76. The van der Waals surface area contributed by atoms with Crippen molar-refractivity contribution in [2.24, 2.45) is 0 Å². The van der Waals surface area contributed by atoms with Gasteiger partial charge < -0.3 is 19.7 Å². The van der Waals surface area contributed by atoms with Gasteiger partial charge in [-0.1, -0.05) is 36.2 Å². The van der Waals surface area contributed by atoms with E-state index in [0.29, 0.717) is 32.8 Å². The molecule has 0 bridgehead atoms. The minimum absolute atomic E-state index is 0.0166. The van der Waals surface area contributed by atoms with Crippen LogP contribution in [0.1, 0.15) is 45.6 Å². The van der Waals surface area contributed by atoms with E-state index >= 15 is 0 Å². The molecule has 38 heavy (non-hydrogen) atoms. The lowest BCUT2D eigenvalue weighted by atomic mass is 10.1. The standard InChI is InChI=1S/C26H33Cl2N3O6S/c1-5-17(2)29-26(33)18(3)30(15-19-8-9-20(27)13-22(19)28)25(32)7-6-12-31(38(4,34)35)21-10-11-23-24(14-21)37-16-36-23/h8-11,13-14,17-18H,5-7,12,15-16H2,1-4H3,(H,29,33)/t17-,18+/m0/s1. The Bertz CT molecular complexity index is 1270. The summed E-state index contributed by atoms with van der Waals surface area (Å²) in [6, 6.07) is 9.03. The SMILES string of the molecule is CC[C@H](C)NC(=O)[C@@H](C)N(Cc1ccc(Cl)cc1Cl)C(=O)CCCN(c1ccc2c(c1)OCO2)S(C)(=O)=O. The molecule has 0 spiro atoms. The van der Waals surface area contributed by atoms with Crippen molar-refractivity contribution in [2.75, 3.05) is 23.9 Å². The first-order chi connectivity index (χ1) is 17.9. The number of carbonyl (C=O) groups is 2. The normalized spacial score (nSPS) is 14.1. The summed E-state index contributed by atoms with van der Waals surface area (Å²) in [6.07, 6.45) is 2.10. The lowest BCUT2D eigenvalue weighted by Crippen LogP contribution is -2.49. The number of nitrogens with one attached hydrogen (secondary N) is 1. The zero-order chi connectivity index (χ0) is 28.0. The van der Waals surface area contributed by atoms with Gasteiger partial charge in [-0.05, 0) is 56.5 Å². The molecular formula is C26H33Cl2N3O6S. The maximum Gasteiger partial charge on any atom is 0.242 e. The molecule has 0 aliphatic carbocycles. The summed E-state index contributed by atoms with van der Waals surface area (Å²) in [6.45, 7) is 5.74. The highest BCUT2D eigenvalue weighted by molar-refractivity contribution is 7.92. The van der Waals surface area contributed by atoms with Crippen LogP contribution in [0.15, 0.2) is 36.4 Å². The van der Waals surface area contributed by atoms with E-state index in [-0.39, 0.29) is 50.6 Å². The van der Waals surface area contributed by atoms with Gasteiger partial charge >= 0.3 is 0 Å². The first-order valence-electron chi connectivity index (χ1n) is 12.3. The molecule has 1 aliphatic rings. The van der Waals surface area contributed by atoms with Crippen LogP contribution in [0.3, 0.4) is 0 Å². The Labute approximate surface area is 234 Å². The molecule has 0 unspecified atom stereocenters. The second-order valence-corrected chi connectivity index (χ2v) is 12.0. The number of nitrogens with zero attached hydrogens (tertiary/aromatic N) is 2. The first-order valence-corrected chi connectivity index (χ1v) is 14.9. The van der Waals surface area contributed by atoms with E-state index in [1.165, 1.54) is 9.21 Å². The van der Waals surface area contributed by atoms with E-state index < -0.39 is 16.1 Å². The van der Waals surface area contributed by atoms with Crippen molar-refractivity contribution in [3.05, 3.63) is 52.0 Å². The molecule has 0 saturated carbocycles. The van der Waals surface area contributed by atoms with E-state index in [2.05, 4.69) is 5.32 Å². The van der Waals surface area contributed by atoms with E-state index in [4.69, 9.17) is 32.7 Å². The Hall–Kier alpha value is -2.69. The van der Waals surface area contributed by atoms with Gasteiger partial charge in [0.25, 0.3) is 0 Å². The Kier molecular flexibility index (Phi) is 10.1. The third-order valence-electron chi connectivity index (χ3n) is 6.32. The first kappa shape index (κ1) is 29.9. The zero-order valence-corrected chi connectivity index (χ0v) is 24.2. The van der Waals surface area contributed by atoms with Gasteiger partial charge in [-0.2, -0.15) is 0 Å². The van der Waals surface area contributed by atoms with Crippen LogP contribution in [-0.4, -0.2) is 56.8 Å². The zero-order valence-electron chi connectivity index (χ0n) is 21.9. The van der Waals surface area contributed by atoms with E-state index in [9.17, 15) is 18.0 Å². The van der Waals surface area contributed by atoms with Crippen LogP contribution in [0.2, 0.25) is 10.0 Å². The average Bonchev–Trinajstić information content (AvgIpc) is 3.32. The number of carbonyl (C=O) groups excluding carboxylic acids is 2. The van der Waals surface area contributed by atoms with Crippen LogP contribution in [0.5, 0.6) is 11.5 Å². The van der Waals surface area contributed by atoms with Crippen molar-refractivity contribution in [2.45, 2.75) is 58.7 Å². The summed E-state index contributed by atoms with van der Waals surface area (Å²) in [5.41, 5.74) is 1.06. The number of halogens is 2. The van der Waals surface area contributed by atoms with Gasteiger partial charge in [0.2, 0.25) is 28.6 Å². The number of amides is 2. The number of hydrogen-bond donors (Lipinski definition) is 1. The molecule has 2 aromatic rings. The van der Waals surface area contributed by atoms with E-state index in [1.54, 1.807) is 43.3 Å². The highest BCUT2D eigenvalue weighted by atomic mass is 35.5. The van der Waals surface area contributed by atoms with Crippen LogP contribution in [0.4, 0.5) is 5.69 Å². The van der Waals surface area contributed by atoms with Crippen LogP contribution >= 0.6 is 23.2 Å². The van der Waals surface area contributed by atoms with Crippen molar-refractivity contribution in [3.63, 3.8) is 0 Å². The van der Waals surface area contributed by atoms with Crippen LogP contribution in [0, 0.1) is 0 Å². The molecule has 208 valence electrons. The predicted octanol–water partition coefficient (Wildman–Crippen LogP) is 4.60. The van der Waals surface area contributed by atoms with Gasteiger partial charge in [0.05, 0.1) is 11.9 Å². The molecule has 2 amide bonds. The number of hydrogen-bond acceptors (Lipinski definition) is 6. The third kappa shape index (κ3) is 7.68. The Morgan fingerprint density at radius 3 is 2.45 bits per heavy atom. The number of anilines is 1. The molecule has 12 heteroatoms. The second-order valence-electron chi connectivity index (χ2n) is 9.23. The molecule has 3 rings (SSSR count). The van der Waals surface area contributed by atoms with Crippen LogP contribution in [0.25, 0.3) is 0 Å². The number of ether oxygens (including phenoxy) is 2. The Morgan fingerprint density at radius 2 is 1.79 bits per heavy atom. The topological polar surface area (TPSA) is 105 Å². The number of fused-ring (bicyclic) bond motifs is 1. The van der Waals surface area contributed by atoms with Gasteiger partial charge in [-0.25, -0.2) is 8.42 Å². The summed E-state index contributed by atoms with van der Waals surface area (Å²) in [5.74, 6) is 0.413. The average molecular weight is 587 g/mol. The van der Waals surface area contributed by atoms with Crippen molar-refractivity contribution >= 4 is 50.7 Å². The highest BCUT2D eigenvalue weighted by Crippen LogP contribution is 2.36. The third-order valence-corrected chi connectivity index (χ3v) is 8.10. The summed E-state index contributed by atoms with van der Waals surface area (Å²) >= 11 is 12.4. The lowest BCUT2D eigenvalue weighted by molar-refractivity contribution is -0.140. The quantitative estimate of drug-likeness (QED) is 0.390. The fourth-order valence-corrected chi connectivity index (χ4v) is 5.35. The Balaban J connectivity index is 1.76. The molecular weight excluding hydrogens is 553 g/mol. The predicted molar refractivity (Wildman–Crippen MR) is 148 cm³/mol. The molecule has 1 aliphatic heterocycles. The minimum atomic E-state index is -3.64. The largest absolute Gasteiger partial charge is 0.454 e. The molecule has 0 radical (unpaired) electrons. The summed E-state index contributed by atoms with van der Waals surface area (Å²) < 4.78 is 37.0. The number of benzene rings is 2. The Morgan fingerprint density at radius 1 is 1.08 bits per heavy atom. The summed E-state index contributed by atoms with van der Waals surface area (Å²) in [7, 11) is -3.64. The maximum atomic E-state index is 13.4. The molecule has 1 N–H and O–H groups in total. The fraction of sp³-hybridized carbons (Fsp3) is 0.462. The van der Waals surface area contributed by atoms with Gasteiger partial charge in [0.15, 0.2) is 11.5 Å². The highest BCUT2D eigenvalue weighted by Gasteiger charge is 2.28. The van der Waals surface area contributed by atoms with Crippen molar-refractivity contribution < 1.29 is 27.5 Å². The van der Waals surface area contributed by atoms with Crippen molar-refractivity contribution in [1.82, 2.24) is 10.2 Å². The minimum Gasteiger partial charge on any atom is -0.454 e. The molecule has 2 atom stereocenters. The molecule has 9 nitrogen and oxygen atoms in total. The molecule has 0 fully saturated rings. The monoisotopic (exact) mass is 585 g/mol. The number of sulfonamides is 1. The van der Waals surface area contributed by atoms with E-state index in [0.717, 1.165) is 12.7 Å². The second kappa shape index (κ2) is 12.9. The van der Waals surface area contributed by atoms with Gasteiger partial charge in [0.1, 0.15) is 6.04 Å². The van der Waals surface area contributed by atoms with Gasteiger partial charge in [0, 0.05) is 41.7 Å². The molecule has 2 aromatic carbocycles. The molecule has 1 heterocycles. The van der Waals surface area contributed by atoms with E-state index in [1.807, 2.05) is 13.8 Å². The smallest absolute Gasteiger partial charge is 0.242 e. The number of rotatable bonds is 12. The van der Waals surface area contributed by atoms with Crippen molar-refractivity contribution in [3.8, 4) is 11.5 Å².